The zero-order valence-corrected chi connectivity index (χ0v) is 23.3. The van der Waals surface area contributed by atoms with Gasteiger partial charge in [-0.2, -0.15) is 4.98 Å². The van der Waals surface area contributed by atoms with Crippen LogP contribution in [0.2, 0.25) is 0 Å². The molecule has 0 radical (unpaired) electrons. The first-order valence-electron chi connectivity index (χ1n) is 13.4. The van der Waals surface area contributed by atoms with E-state index in [1.165, 1.54) is 18.2 Å². The van der Waals surface area contributed by atoms with E-state index in [1.54, 1.807) is 30.6 Å². The number of fused-ring (bicyclic) bond motifs is 1. The monoisotopic (exact) mass is 559 g/mol. The van der Waals surface area contributed by atoms with Gasteiger partial charge in [0.15, 0.2) is 5.65 Å². The first kappa shape index (κ1) is 29.1. The first-order chi connectivity index (χ1) is 19.9. The lowest BCUT2D eigenvalue weighted by Gasteiger charge is -2.16. The minimum atomic E-state index is -0.916. The molecule has 0 saturated carbocycles. The van der Waals surface area contributed by atoms with Crippen LogP contribution in [0.1, 0.15) is 48.9 Å². The summed E-state index contributed by atoms with van der Waals surface area (Å²) >= 11 is 0. The molecule has 1 amide bonds. The van der Waals surface area contributed by atoms with Crippen molar-refractivity contribution in [1.82, 2.24) is 29.8 Å². The van der Waals surface area contributed by atoms with Crippen molar-refractivity contribution in [3.8, 4) is 16.9 Å². The first-order valence-corrected chi connectivity index (χ1v) is 13.4. The molecule has 0 spiro atoms. The predicted octanol–water partition coefficient (Wildman–Crippen LogP) is 5.54. The number of aryl methyl sites for hydroxylation is 1. The van der Waals surface area contributed by atoms with Crippen molar-refractivity contribution in [2.45, 2.75) is 40.7 Å². The fourth-order valence-corrected chi connectivity index (χ4v) is 4.23. The number of halogens is 2. The molecule has 3 N–H and O–H groups in total. The van der Waals surface area contributed by atoms with Gasteiger partial charge in [0, 0.05) is 41.5 Å². The van der Waals surface area contributed by atoms with E-state index in [4.69, 9.17) is 4.98 Å². The van der Waals surface area contributed by atoms with Gasteiger partial charge in [0.05, 0.1) is 12.2 Å². The van der Waals surface area contributed by atoms with E-state index in [-0.39, 0.29) is 24.0 Å². The fourth-order valence-electron chi connectivity index (χ4n) is 4.23. The number of nitrogens with one attached hydrogen (secondary N) is 3. The molecule has 0 aliphatic heterocycles. The Balaban J connectivity index is 0.00000189. The molecule has 11 heteroatoms. The van der Waals surface area contributed by atoms with Gasteiger partial charge in [-0.1, -0.05) is 32.9 Å². The molecular formula is C30H31F2N7O2. The third kappa shape index (κ3) is 6.13. The highest BCUT2D eigenvalue weighted by molar-refractivity contribution is 5.98. The molecule has 5 aromatic rings. The third-order valence-electron chi connectivity index (χ3n) is 6.17. The van der Waals surface area contributed by atoms with Crippen LogP contribution in [0, 0.1) is 18.6 Å². The van der Waals surface area contributed by atoms with Crippen LogP contribution in [0.15, 0.2) is 65.7 Å². The number of carbonyl (C=O) groups is 1. The molecule has 0 aliphatic rings. The Labute approximate surface area is 235 Å². The number of hydrogen-bond donors (Lipinski definition) is 3. The molecule has 212 valence electrons. The summed E-state index contributed by atoms with van der Waals surface area (Å²) in [5.74, 6) is -1.36. The molecule has 0 fully saturated rings. The van der Waals surface area contributed by atoms with Crippen molar-refractivity contribution in [3.63, 3.8) is 0 Å². The maximum atomic E-state index is 14.9. The zero-order chi connectivity index (χ0) is 29.5. The second-order valence-electron chi connectivity index (χ2n) is 8.89. The van der Waals surface area contributed by atoms with Crippen molar-refractivity contribution >= 4 is 22.9 Å². The van der Waals surface area contributed by atoms with Gasteiger partial charge in [-0.15, -0.1) is 0 Å². The van der Waals surface area contributed by atoms with Crippen LogP contribution in [-0.4, -0.2) is 37.0 Å². The Hall–Kier alpha value is -4.93. The second kappa shape index (κ2) is 12.9. The van der Waals surface area contributed by atoms with Crippen molar-refractivity contribution in [2.24, 2.45) is 0 Å². The molecule has 41 heavy (non-hydrogen) atoms. The number of imidazole rings is 1. The summed E-state index contributed by atoms with van der Waals surface area (Å²) in [7, 11) is 0. The lowest BCUT2D eigenvalue weighted by molar-refractivity contribution is 0.0953. The predicted molar refractivity (Wildman–Crippen MR) is 155 cm³/mol. The molecule has 2 aromatic carbocycles. The van der Waals surface area contributed by atoms with Crippen molar-refractivity contribution in [1.29, 1.82) is 0 Å². The van der Waals surface area contributed by atoms with Gasteiger partial charge in [0.1, 0.15) is 23.1 Å². The Morgan fingerprint density at radius 1 is 1.05 bits per heavy atom. The van der Waals surface area contributed by atoms with Crippen molar-refractivity contribution in [3.05, 3.63) is 99.9 Å². The summed E-state index contributed by atoms with van der Waals surface area (Å²) < 4.78 is 30.7. The second-order valence-corrected chi connectivity index (χ2v) is 8.89. The van der Waals surface area contributed by atoms with Gasteiger partial charge in [-0.05, 0) is 49.2 Å². The molecule has 0 atom stereocenters. The quantitative estimate of drug-likeness (QED) is 0.230. The fraction of sp³-hybridized carbons (Fsp3) is 0.233. The van der Waals surface area contributed by atoms with Crippen LogP contribution in [0.5, 0.6) is 0 Å². The van der Waals surface area contributed by atoms with Crippen LogP contribution in [0.4, 0.5) is 14.7 Å². The highest BCUT2D eigenvalue weighted by Crippen LogP contribution is 2.31. The van der Waals surface area contributed by atoms with Crippen LogP contribution < -0.4 is 16.2 Å². The number of aromatic nitrogens is 5. The van der Waals surface area contributed by atoms with Crippen LogP contribution in [-0.2, 0) is 6.54 Å². The minimum Gasteiger partial charge on any atom is -0.352 e. The van der Waals surface area contributed by atoms with E-state index in [0.717, 1.165) is 28.7 Å². The van der Waals surface area contributed by atoms with Crippen molar-refractivity contribution < 1.29 is 13.6 Å². The number of hydrogen-bond acceptors (Lipinski definition) is 6. The number of aromatic amines is 1. The number of amides is 1. The SMILES string of the molecule is CC.CCCNC(=O)c1ccc(C)c(-c2nc(NCc3ncc[nH]3)nc3c2ccc(=O)n3-c2c(F)cccc2F)c1. The number of benzene rings is 2. The van der Waals surface area contributed by atoms with Gasteiger partial charge in [-0.3, -0.25) is 14.2 Å². The summed E-state index contributed by atoms with van der Waals surface area (Å²) in [5, 5.41) is 6.29. The summed E-state index contributed by atoms with van der Waals surface area (Å²) in [6.07, 6.45) is 4.05. The number of carbonyl (C=O) groups excluding carboxylic acids is 1. The van der Waals surface area contributed by atoms with Gasteiger partial charge in [-0.25, -0.2) is 18.7 Å². The summed E-state index contributed by atoms with van der Waals surface area (Å²) in [5.41, 5.74) is 1.00. The molecule has 3 aromatic heterocycles. The smallest absolute Gasteiger partial charge is 0.256 e. The van der Waals surface area contributed by atoms with Gasteiger partial charge in [0.2, 0.25) is 5.95 Å². The van der Waals surface area contributed by atoms with Crippen LogP contribution in [0.25, 0.3) is 28.0 Å². The standard InChI is InChI=1S/C28H25F2N7O2.C2H6/c1-3-11-33-27(39)17-8-7-16(2)19(14-17)24-18-9-10-23(38)37(25-20(29)5-4-6-21(25)30)26(18)36-28(35-24)34-15-22-31-12-13-32-22;1-2/h4-10,12-14H,3,11,15H2,1-2H3,(H,31,32)(H,33,39)(H,34,35,36);1-2H3. The normalized spacial score (nSPS) is 10.7. The molecule has 3 heterocycles. The van der Waals surface area contributed by atoms with Crippen LogP contribution in [0.3, 0.4) is 0 Å². The van der Waals surface area contributed by atoms with E-state index < -0.39 is 22.9 Å². The molecule has 5 rings (SSSR count). The lowest BCUT2D eigenvalue weighted by Crippen LogP contribution is -2.24. The number of nitrogens with zero attached hydrogens (tertiary/aromatic N) is 4. The van der Waals surface area contributed by atoms with E-state index in [0.29, 0.717) is 34.6 Å². The molecule has 9 nitrogen and oxygen atoms in total. The van der Waals surface area contributed by atoms with Crippen LogP contribution >= 0.6 is 0 Å². The Kier molecular flexibility index (Phi) is 9.18. The lowest BCUT2D eigenvalue weighted by atomic mass is 9.99. The summed E-state index contributed by atoms with van der Waals surface area (Å²) in [6.45, 7) is 8.57. The van der Waals surface area contributed by atoms with E-state index in [1.807, 2.05) is 27.7 Å². The number of pyridine rings is 1. The Morgan fingerprint density at radius 2 is 1.80 bits per heavy atom. The number of para-hydroxylation sites is 1. The topological polar surface area (TPSA) is 118 Å². The van der Waals surface area contributed by atoms with E-state index in [9.17, 15) is 18.4 Å². The number of rotatable bonds is 8. The number of anilines is 1. The average Bonchev–Trinajstić information content (AvgIpc) is 3.50. The molecule has 0 unspecified atom stereocenters. The van der Waals surface area contributed by atoms with E-state index >= 15 is 0 Å². The molecule has 0 aliphatic carbocycles. The molecular weight excluding hydrogens is 528 g/mol. The van der Waals surface area contributed by atoms with E-state index in [2.05, 4.69) is 25.6 Å². The minimum absolute atomic E-state index is 0.00122. The maximum Gasteiger partial charge on any atom is 0.256 e. The van der Waals surface area contributed by atoms with Crippen molar-refractivity contribution in [2.75, 3.05) is 11.9 Å². The Bertz CT molecular complexity index is 1710. The molecule has 0 bridgehead atoms. The average molecular weight is 560 g/mol. The van der Waals surface area contributed by atoms with Gasteiger partial charge < -0.3 is 15.6 Å². The van der Waals surface area contributed by atoms with Gasteiger partial charge >= 0.3 is 0 Å². The Morgan fingerprint density at radius 3 is 2.49 bits per heavy atom. The third-order valence-corrected chi connectivity index (χ3v) is 6.17. The summed E-state index contributed by atoms with van der Waals surface area (Å²) in [4.78, 5) is 42.1. The maximum absolute atomic E-state index is 14.9. The molecule has 0 saturated heterocycles. The summed E-state index contributed by atoms with van der Waals surface area (Å²) in [6, 6.07) is 11.3. The highest BCUT2D eigenvalue weighted by atomic mass is 19.1. The van der Waals surface area contributed by atoms with Gasteiger partial charge in [0.25, 0.3) is 11.5 Å². The largest absolute Gasteiger partial charge is 0.352 e. The number of H-pyrrole nitrogens is 1. The highest BCUT2D eigenvalue weighted by Gasteiger charge is 2.21. The zero-order valence-electron chi connectivity index (χ0n) is 23.3.